The van der Waals surface area contributed by atoms with Gasteiger partial charge in [0.05, 0.1) is 24.7 Å². The van der Waals surface area contributed by atoms with E-state index < -0.39 is 0 Å². The fourth-order valence-corrected chi connectivity index (χ4v) is 0.853. The van der Waals surface area contributed by atoms with Gasteiger partial charge in [-0.05, 0) is 12.2 Å². The number of nitrogen functional groups attached to an aromatic ring is 1. The molecule has 0 amide bonds. The molecule has 0 radical (unpaired) electrons. The van der Waals surface area contributed by atoms with Gasteiger partial charge in [-0.1, -0.05) is 0 Å². The van der Waals surface area contributed by atoms with Crippen LogP contribution in [0.25, 0.3) is 6.08 Å². The van der Waals surface area contributed by atoms with Crippen LogP contribution < -0.4 is 10.5 Å². The fourth-order valence-electron chi connectivity index (χ4n) is 0.853. The molecule has 0 fully saturated rings. The Morgan fingerprint density at radius 2 is 2.38 bits per heavy atom. The van der Waals surface area contributed by atoms with Gasteiger partial charge >= 0.3 is 0 Å². The molecule has 1 rings (SSSR count). The normalized spacial score (nSPS) is 10.2. The fraction of sp³-hybridized carbons (Fsp3) is 0.111. The molecule has 1 heterocycles. The van der Waals surface area contributed by atoms with Crippen molar-refractivity contribution in [2.45, 2.75) is 0 Å². The average molecular weight is 178 g/mol. The number of aromatic nitrogens is 1. The number of carbonyl (C=O) groups is 1. The summed E-state index contributed by atoms with van der Waals surface area (Å²) in [7, 11) is 1.54. The Bertz CT molecular complexity index is 334. The van der Waals surface area contributed by atoms with Crippen LogP contribution in [-0.4, -0.2) is 18.4 Å². The molecule has 0 saturated carbocycles. The summed E-state index contributed by atoms with van der Waals surface area (Å²) in [5, 5.41) is 0. The van der Waals surface area contributed by atoms with Crippen LogP contribution in [0, 0.1) is 0 Å². The Balaban J connectivity index is 2.98. The minimum Gasteiger partial charge on any atom is -0.495 e. The summed E-state index contributed by atoms with van der Waals surface area (Å²) >= 11 is 0. The van der Waals surface area contributed by atoms with Gasteiger partial charge in [-0.3, -0.25) is 9.78 Å². The molecule has 1 aromatic rings. The topological polar surface area (TPSA) is 65.2 Å². The Hall–Kier alpha value is -1.84. The number of hydrogen-bond donors (Lipinski definition) is 1. The Labute approximate surface area is 76.0 Å². The molecule has 13 heavy (non-hydrogen) atoms. The van der Waals surface area contributed by atoms with Gasteiger partial charge in [0, 0.05) is 6.07 Å². The largest absolute Gasteiger partial charge is 0.495 e. The lowest BCUT2D eigenvalue weighted by Crippen LogP contribution is -1.94. The van der Waals surface area contributed by atoms with Crippen LogP contribution in [0.4, 0.5) is 5.69 Å². The van der Waals surface area contributed by atoms with E-state index >= 15 is 0 Å². The summed E-state index contributed by atoms with van der Waals surface area (Å²) in [6.45, 7) is 0. The van der Waals surface area contributed by atoms with E-state index in [1.165, 1.54) is 13.2 Å². The quantitative estimate of drug-likeness (QED) is 0.551. The van der Waals surface area contributed by atoms with Crippen LogP contribution in [0.15, 0.2) is 18.3 Å². The third-order valence-corrected chi connectivity index (χ3v) is 1.49. The lowest BCUT2D eigenvalue weighted by molar-refractivity contribution is -0.104. The molecule has 2 N–H and O–H groups in total. The van der Waals surface area contributed by atoms with Crippen molar-refractivity contribution >= 4 is 18.0 Å². The summed E-state index contributed by atoms with van der Waals surface area (Å²) in [6, 6.07) is 1.65. The third-order valence-electron chi connectivity index (χ3n) is 1.49. The van der Waals surface area contributed by atoms with E-state index in [0.717, 1.165) is 0 Å². The minimum absolute atomic E-state index is 0.484. The Morgan fingerprint density at radius 3 is 2.92 bits per heavy atom. The number of hydrogen-bond acceptors (Lipinski definition) is 4. The van der Waals surface area contributed by atoms with Gasteiger partial charge in [0.1, 0.15) is 12.0 Å². The van der Waals surface area contributed by atoms with E-state index in [1.54, 1.807) is 18.3 Å². The maximum atomic E-state index is 10.0. The Kier molecular flexibility index (Phi) is 3.03. The molecule has 0 aliphatic carbocycles. The van der Waals surface area contributed by atoms with Crippen LogP contribution in [0.1, 0.15) is 5.69 Å². The molecule has 4 nitrogen and oxygen atoms in total. The molecule has 0 unspecified atom stereocenters. The van der Waals surface area contributed by atoms with E-state index in [1.807, 2.05) is 0 Å². The van der Waals surface area contributed by atoms with Crippen LogP contribution in [0.2, 0.25) is 0 Å². The predicted octanol–water partition coefficient (Wildman–Crippen LogP) is 0.885. The molecule has 0 aliphatic heterocycles. The van der Waals surface area contributed by atoms with Gasteiger partial charge in [-0.15, -0.1) is 0 Å². The SMILES string of the molecule is COc1cnc(/C=C/C=O)c(N)c1. The first-order valence-corrected chi connectivity index (χ1v) is 3.69. The van der Waals surface area contributed by atoms with E-state index in [2.05, 4.69) is 4.98 Å². The number of nitrogens with two attached hydrogens (primary N) is 1. The maximum Gasteiger partial charge on any atom is 0.142 e. The predicted molar refractivity (Wildman–Crippen MR) is 50.3 cm³/mol. The van der Waals surface area contributed by atoms with E-state index in [9.17, 15) is 4.79 Å². The highest BCUT2D eigenvalue weighted by molar-refractivity contribution is 5.76. The van der Waals surface area contributed by atoms with E-state index in [0.29, 0.717) is 23.4 Å². The van der Waals surface area contributed by atoms with Gasteiger partial charge in [-0.25, -0.2) is 0 Å². The zero-order valence-electron chi connectivity index (χ0n) is 7.23. The third kappa shape index (κ3) is 2.30. The average Bonchev–Trinajstić information content (AvgIpc) is 2.16. The van der Waals surface area contributed by atoms with Crippen molar-refractivity contribution in [3.63, 3.8) is 0 Å². The van der Waals surface area contributed by atoms with E-state index in [-0.39, 0.29) is 0 Å². The number of ether oxygens (including phenoxy) is 1. The number of allylic oxidation sites excluding steroid dienone is 1. The molecule has 4 heteroatoms. The first kappa shape index (κ1) is 9.25. The number of rotatable bonds is 3. The van der Waals surface area contributed by atoms with Crippen molar-refractivity contribution in [2.75, 3.05) is 12.8 Å². The first-order chi connectivity index (χ1) is 6.27. The maximum absolute atomic E-state index is 10.0. The second-order valence-corrected chi connectivity index (χ2v) is 2.34. The molecular weight excluding hydrogens is 168 g/mol. The molecule has 0 aliphatic rings. The smallest absolute Gasteiger partial charge is 0.142 e. The summed E-state index contributed by atoms with van der Waals surface area (Å²) in [5.41, 5.74) is 6.67. The summed E-state index contributed by atoms with van der Waals surface area (Å²) < 4.78 is 4.92. The number of anilines is 1. The molecule has 0 spiro atoms. The van der Waals surface area contributed by atoms with Crippen molar-refractivity contribution in [2.24, 2.45) is 0 Å². The van der Waals surface area contributed by atoms with Crippen LogP contribution in [0.5, 0.6) is 5.75 Å². The van der Waals surface area contributed by atoms with Crippen molar-refractivity contribution < 1.29 is 9.53 Å². The number of methoxy groups -OCH3 is 1. The molecule has 0 atom stereocenters. The lowest BCUT2D eigenvalue weighted by atomic mass is 10.3. The second kappa shape index (κ2) is 4.25. The van der Waals surface area contributed by atoms with Gasteiger partial charge in [-0.2, -0.15) is 0 Å². The van der Waals surface area contributed by atoms with Gasteiger partial charge in [0.25, 0.3) is 0 Å². The molecule has 0 bridgehead atoms. The highest BCUT2D eigenvalue weighted by Gasteiger charge is 1.98. The molecule has 1 aromatic heterocycles. The summed E-state index contributed by atoms with van der Waals surface area (Å²) in [5.74, 6) is 0.598. The molecular formula is C9H10N2O2. The van der Waals surface area contributed by atoms with E-state index in [4.69, 9.17) is 10.5 Å². The van der Waals surface area contributed by atoms with Crippen molar-refractivity contribution in [3.8, 4) is 5.75 Å². The zero-order valence-corrected chi connectivity index (χ0v) is 7.23. The van der Waals surface area contributed by atoms with Gasteiger partial charge in [0.2, 0.25) is 0 Å². The second-order valence-electron chi connectivity index (χ2n) is 2.34. The number of aldehydes is 1. The highest BCUT2D eigenvalue weighted by Crippen LogP contribution is 2.17. The van der Waals surface area contributed by atoms with Crippen LogP contribution >= 0.6 is 0 Å². The zero-order chi connectivity index (χ0) is 9.68. The standard InChI is InChI=1S/C9H10N2O2/c1-13-7-5-8(10)9(11-6-7)3-2-4-12/h2-6H,10H2,1H3/b3-2+. The molecule has 0 aromatic carbocycles. The van der Waals surface area contributed by atoms with Crippen LogP contribution in [0.3, 0.4) is 0 Å². The van der Waals surface area contributed by atoms with Crippen molar-refractivity contribution in [1.82, 2.24) is 4.98 Å². The monoisotopic (exact) mass is 178 g/mol. The van der Waals surface area contributed by atoms with Gasteiger partial charge in [0.15, 0.2) is 0 Å². The van der Waals surface area contributed by atoms with Gasteiger partial charge < -0.3 is 10.5 Å². The number of nitrogens with zero attached hydrogens (tertiary/aromatic N) is 1. The lowest BCUT2D eigenvalue weighted by Gasteiger charge is -2.02. The summed E-state index contributed by atoms with van der Waals surface area (Å²) in [6.07, 6.45) is 5.10. The summed E-state index contributed by atoms with van der Waals surface area (Å²) in [4.78, 5) is 14.0. The Morgan fingerprint density at radius 1 is 1.62 bits per heavy atom. The van der Waals surface area contributed by atoms with Crippen molar-refractivity contribution in [3.05, 3.63) is 24.0 Å². The highest BCUT2D eigenvalue weighted by atomic mass is 16.5. The first-order valence-electron chi connectivity index (χ1n) is 3.69. The number of pyridine rings is 1. The minimum atomic E-state index is 0.484. The van der Waals surface area contributed by atoms with Crippen LogP contribution in [-0.2, 0) is 4.79 Å². The molecule has 0 saturated heterocycles. The molecule has 68 valence electrons. The number of carbonyl (C=O) groups excluding carboxylic acids is 1. The van der Waals surface area contributed by atoms with Crippen molar-refractivity contribution in [1.29, 1.82) is 0 Å².